The fourth-order valence-electron chi connectivity index (χ4n) is 0.913. The zero-order valence-electron chi connectivity index (χ0n) is 6.34. The van der Waals surface area contributed by atoms with E-state index in [9.17, 15) is 4.39 Å². The van der Waals surface area contributed by atoms with Crippen LogP contribution in [-0.4, -0.2) is 0 Å². The lowest BCUT2D eigenvalue weighted by molar-refractivity contribution is 0.594. The highest BCUT2D eigenvalue weighted by atomic mass is 19.1. The average Bonchev–Trinajstić information content (AvgIpc) is 1.85. The van der Waals surface area contributed by atoms with Gasteiger partial charge >= 0.3 is 0 Å². The van der Waals surface area contributed by atoms with E-state index in [1.807, 2.05) is 0 Å². The number of benzene rings is 1. The molecule has 0 amide bonds. The third kappa shape index (κ3) is 1.68. The lowest BCUT2D eigenvalue weighted by Gasteiger charge is -2.06. The van der Waals surface area contributed by atoms with Crippen molar-refractivity contribution in [1.29, 1.82) is 0 Å². The number of rotatable bonds is 1. The van der Waals surface area contributed by atoms with Crippen LogP contribution >= 0.6 is 0 Å². The Morgan fingerprint density at radius 1 is 1.45 bits per heavy atom. The molecule has 1 rings (SSSR count). The van der Waals surface area contributed by atoms with Crippen LogP contribution < -0.4 is 11.5 Å². The van der Waals surface area contributed by atoms with Crippen molar-refractivity contribution < 1.29 is 4.39 Å². The highest BCUT2D eigenvalue weighted by Crippen LogP contribution is 2.16. The van der Waals surface area contributed by atoms with Crippen LogP contribution in [0.1, 0.15) is 18.5 Å². The number of halogens is 1. The maximum atomic E-state index is 12.9. The molecule has 0 aromatic heterocycles. The largest absolute Gasteiger partial charge is 0.399 e. The lowest BCUT2D eigenvalue weighted by atomic mass is 10.1. The van der Waals surface area contributed by atoms with E-state index in [4.69, 9.17) is 11.5 Å². The molecule has 1 aromatic carbocycles. The minimum absolute atomic E-state index is 0.282. The normalized spacial score (nSPS) is 13.0. The summed E-state index contributed by atoms with van der Waals surface area (Å²) >= 11 is 0. The zero-order valence-corrected chi connectivity index (χ0v) is 6.34. The van der Waals surface area contributed by atoms with Crippen molar-refractivity contribution in [3.8, 4) is 0 Å². The zero-order chi connectivity index (χ0) is 8.43. The molecule has 0 fully saturated rings. The van der Waals surface area contributed by atoms with Gasteiger partial charge in [-0.05, 0) is 19.1 Å². The Kier molecular flexibility index (Phi) is 2.10. The first-order valence-corrected chi connectivity index (χ1v) is 3.42. The van der Waals surface area contributed by atoms with Crippen LogP contribution in [0.5, 0.6) is 0 Å². The van der Waals surface area contributed by atoms with Gasteiger partial charge in [-0.2, -0.15) is 0 Å². The van der Waals surface area contributed by atoms with Crippen LogP contribution in [0.2, 0.25) is 0 Å². The summed E-state index contributed by atoms with van der Waals surface area (Å²) in [6, 6.07) is 4.24. The van der Waals surface area contributed by atoms with E-state index in [0.29, 0.717) is 11.3 Å². The van der Waals surface area contributed by atoms with Gasteiger partial charge in [-0.1, -0.05) is 6.07 Å². The molecule has 4 N–H and O–H groups in total. The smallest absolute Gasteiger partial charge is 0.130 e. The predicted octanol–water partition coefficient (Wildman–Crippen LogP) is 1.43. The highest BCUT2D eigenvalue weighted by molar-refractivity contribution is 5.41. The SMILES string of the molecule is CC(N)c1ccc(N)cc1F. The molecule has 0 heterocycles. The molecule has 0 spiro atoms. The number of hydrogen-bond acceptors (Lipinski definition) is 2. The molecule has 3 heteroatoms. The van der Waals surface area contributed by atoms with Gasteiger partial charge in [0, 0.05) is 17.3 Å². The van der Waals surface area contributed by atoms with Gasteiger partial charge in [0.05, 0.1) is 0 Å². The van der Waals surface area contributed by atoms with Crippen LogP contribution in [0.25, 0.3) is 0 Å². The monoisotopic (exact) mass is 154 g/mol. The molecule has 0 saturated heterocycles. The molecular weight excluding hydrogens is 143 g/mol. The van der Waals surface area contributed by atoms with Crippen molar-refractivity contribution >= 4 is 5.69 Å². The van der Waals surface area contributed by atoms with E-state index in [1.165, 1.54) is 6.07 Å². The Morgan fingerprint density at radius 2 is 2.09 bits per heavy atom. The Bertz CT molecular complexity index is 258. The summed E-state index contributed by atoms with van der Waals surface area (Å²) in [5, 5.41) is 0. The van der Waals surface area contributed by atoms with Gasteiger partial charge < -0.3 is 11.5 Å². The van der Waals surface area contributed by atoms with E-state index in [2.05, 4.69) is 0 Å². The third-order valence-corrected chi connectivity index (χ3v) is 1.52. The Morgan fingerprint density at radius 3 is 2.55 bits per heavy atom. The van der Waals surface area contributed by atoms with Gasteiger partial charge in [0.1, 0.15) is 5.82 Å². The van der Waals surface area contributed by atoms with Gasteiger partial charge in [-0.15, -0.1) is 0 Å². The Hall–Kier alpha value is -1.09. The molecule has 60 valence electrons. The summed E-state index contributed by atoms with van der Waals surface area (Å²) < 4.78 is 12.9. The molecule has 1 aromatic rings. The number of nitrogen functional groups attached to an aromatic ring is 1. The van der Waals surface area contributed by atoms with Gasteiger partial charge in [0.15, 0.2) is 0 Å². The van der Waals surface area contributed by atoms with Crippen molar-refractivity contribution in [3.63, 3.8) is 0 Å². The minimum atomic E-state index is -0.333. The second-order valence-electron chi connectivity index (χ2n) is 2.57. The summed E-state index contributed by atoms with van der Waals surface area (Å²) in [4.78, 5) is 0. The topological polar surface area (TPSA) is 52.0 Å². The summed E-state index contributed by atoms with van der Waals surface area (Å²) in [6.45, 7) is 1.73. The molecule has 1 unspecified atom stereocenters. The van der Waals surface area contributed by atoms with Crippen molar-refractivity contribution in [3.05, 3.63) is 29.6 Å². The second-order valence-corrected chi connectivity index (χ2v) is 2.57. The molecule has 2 nitrogen and oxygen atoms in total. The number of nitrogens with two attached hydrogens (primary N) is 2. The minimum Gasteiger partial charge on any atom is -0.399 e. The van der Waals surface area contributed by atoms with Crippen LogP contribution in [0.3, 0.4) is 0 Å². The molecule has 1 atom stereocenters. The number of anilines is 1. The van der Waals surface area contributed by atoms with Crippen molar-refractivity contribution in [2.24, 2.45) is 5.73 Å². The average molecular weight is 154 g/mol. The van der Waals surface area contributed by atoms with E-state index in [1.54, 1.807) is 19.1 Å². The first-order valence-electron chi connectivity index (χ1n) is 3.42. The summed E-state index contributed by atoms with van der Waals surface area (Å²) in [7, 11) is 0. The summed E-state index contributed by atoms with van der Waals surface area (Å²) in [5.74, 6) is -0.333. The van der Waals surface area contributed by atoms with Gasteiger partial charge in [0.25, 0.3) is 0 Å². The van der Waals surface area contributed by atoms with E-state index in [-0.39, 0.29) is 11.9 Å². The molecule has 0 radical (unpaired) electrons. The Balaban J connectivity index is 3.09. The van der Waals surface area contributed by atoms with Gasteiger partial charge in [0.2, 0.25) is 0 Å². The standard InChI is InChI=1S/C8H11FN2/c1-5(10)7-3-2-6(11)4-8(7)9/h2-5H,10-11H2,1H3. The molecule has 0 aliphatic heterocycles. The molecule has 0 saturated carbocycles. The Labute approximate surface area is 65.0 Å². The van der Waals surface area contributed by atoms with Crippen molar-refractivity contribution in [1.82, 2.24) is 0 Å². The van der Waals surface area contributed by atoms with Crippen molar-refractivity contribution in [2.45, 2.75) is 13.0 Å². The quantitative estimate of drug-likeness (QED) is 0.601. The highest BCUT2D eigenvalue weighted by Gasteiger charge is 2.05. The fourth-order valence-corrected chi connectivity index (χ4v) is 0.913. The number of hydrogen-bond donors (Lipinski definition) is 2. The second kappa shape index (κ2) is 2.88. The summed E-state index contributed by atoms with van der Waals surface area (Å²) in [5.41, 5.74) is 11.8. The van der Waals surface area contributed by atoms with Gasteiger partial charge in [-0.3, -0.25) is 0 Å². The van der Waals surface area contributed by atoms with E-state index in [0.717, 1.165) is 0 Å². The lowest BCUT2D eigenvalue weighted by Crippen LogP contribution is -2.07. The van der Waals surface area contributed by atoms with Crippen LogP contribution in [0, 0.1) is 5.82 Å². The predicted molar refractivity (Wildman–Crippen MR) is 43.4 cm³/mol. The first-order chi connectivity index (χ1) is 5.11. The molecule has 0 bridgehead atoms. The summed E-state index contributed by atoms with van der Waals surface area (Å²) in [6.07, 6.45) is 0. The maximum Gasteiger partial charge on any atom is 0.130 e. The van der Waals surface area contributed by atoms with Crippen LogP contribution in [0.15, 0.2) is 18.2 Å². The molecule has 0 aliphatic rings. The maximum absolute atomic E-state index is 12.9. The van der Waals surface area contributed by atoms with Gasteiger partial charge in [-0.25, -0.2) is 4.39 Å². The fraction of sp³-hybridized carbons (Fsp3) is 0.250. The third-order valence-electron chi connectivity index (χ3n) is 1.52. The molecule has 11 heavy (non-hydrogen) atoms. The van der Waals surface area contributed by atoms with E-state index >= 15 is 0 Å². The first kappa shape index (κ1) is 8.01. The molecular formula is C8H11FN2. The van der Waals surface area contributed by atoms with Crippen molar-refractivity contribution in [2.75, 3.05) is 5.73 Å². The van der Waals surface area contributed by atoms with Crippen LogP contribution in [0.4, 0.5) is 10.1 Å². The van der Waals surface area contributed by atoms with Crippen LogP contribution in [-0.2, 0) is 0 Å². The molecule has 0 aliphatic carbocycles. The van der Waals surface area contributed by atoms with E-state index < -0.39 is 0 Å².